The number of methoxy groups -OCH3 is 2. The van der Waals surface area contributed by atoms with Crippen molar-refractivity contribution in [2.24, 2.45) is 5.41 Å². The molecule has 1 aromatic heterocycles. The third-order valence-electron chi connectivity index (χ3n) is 2.66. The van der Waals surface area contributed by atoms with Crippen LogP contribution in [0.5, 0.6) is 11.8 Å². The Labute approximate surface area is 123 Å². The van der Waals surface area contributed by atoms with Crippen LogP contribution in [0, 0.1) is 16.9 Å². The van der Waals surface area contributed by atoms with Gasteiger partial charge in [0.15, 0.2) is 11.3 Å². The maximum atomic E-state index is 8.67. The molecule has 1 unspecified atom stereocenters. The summed E-state index contributed by atoms with van der Waals surface area (Å²) in [6.07, 6.45) is 1.95. The van der Waals surface area contributed by atoms with Gasteiger partial charge in [-0.25, -0.2) is 0 Å². The topological polar surface area (TPSA) is 80.1 Å². The van der Waals surface area contributed by atoms with E-state index in [1.807, 2.05) is 6.19 Å². The van der Waals surface area contributed by atoms with Gasteiger partial charge in [0, 0.05) is 11.8 Å². The van der Waals surface area contributed by atoms with Crippen LogP contribution in [0.2, 0.25) is 0 Å². The van der Waals surface area contributed by atoms with Crippen molar-refractivity contribution in [1.82, 2.24) is 15.3 Å². The van der Waals surface area contributed by atoms with Crippen LogP contribution in [0.15, 0.2) is 11.2 Å². The summed E-state index contributed by atoms with van der Waals surface area (Å²) >= 11 is 1.50. The molecule has 20 heavy (non-hydrogen) atoms. The summed E-state index contributed by atoms with van der Waals surface area (Å²) in [5, 5.41) is 12.1. The van der Waals surface area contributed by atoms with Gasteiger partial charge in [-0.2, -0.15) is 15.2 Å². The van der Waals surface area contributed by atoms with Crippen molar-refractivity contribution in [3.8, 4) is 18.0 Å². The number of nitriles is 1. The van der Waals surface area contributed by atoms with Gasteiger partial charge in [-0.15, -0.1) is 0 Å². The van der Waals surface area contributed by atoms with E-state index in [9.17, 15) is 0 Å². The molecule has 110 valence electrons. The fraction of sp³-hybridized carbons (Fsp3) is 0.615. The summed E-state index contributed by atoms with van der Waals surface area (Å²) in [6.45, 7) is 6.89. The van der Waals surface area contributed by atoms with Crippen LogP contribution >= 0.6 is 11.8 Å². The first-order chi connectivity index (χ1) is 9.40. The molecule has 1 aromatic rings. The summed E-state index contributed by atoms with van der Waals surface area (Å²) in [4.78, 5) is 8.60. The van der Waals surface area contributed by atoms with Gasteiger partial charge in [0.25, 0.3) is 0 Å². The smallest absolute Gasteiger partial charge is 0.220 e. The monoisotopic (exact) mass is 296 g/mol. The van der Waals surface area contributed by atoms with Crippen LogP contribution in [0.4, 0.5) is 0 Å². The average molecular weight is 296 g/mol. The van der Waals surface area contributed by atoms with Gasteiger partial charge in [-0.05, 0) is 5.41 Å². The number of thioether (sulfide) groups is 1. The Hall–Kier alpha value is -1.68. The summed E-state index contributed by atoms with van der Waals surface area (Å²) in [6, 6.07) is 1.63. The summed E-state index contributed by atoms with van der Waals surface area (Å²) in [7, 11) is 3.10. The Kier molecular flexibility index (Phi) is 5.89. The number of nitrogens with one attached hydrogen (secondary N) is 1. The minimum absolute atomic E-state index is 0.00577. The lowest BCUT2D eigenvalue weighted by molar-refractivity contribution is 0.362. The molecular weight excluding hydrogens is 276 g/mol. The van der Waals surface area contributed by atoms with Crippen LogP contribution in [-0.4, -0.2) is 36.0 Å². The third-order valence-corrected chi connectivity index (χ3v) is 4.21. The molecule has 0 aliphatic heterocycles. The number of aromatic nitrogens is 2. The zero-order valence-corrected chi connectivity index (χ0v) is 13.2. The second kappa shape index (κ2) is 7.20. The number of ether oxygens (including phenoxy) is 2. The molecule has 1 atom stereocenters. The first-order valence-electron chi connectivity index (χ1n) is 6.16. The van der Waals surface area contributed by atoms with E-state index in [0.29, 0.717) is 23.5 Å². The van der Waals surface area contributed by atoms with E-state index in [2.05, 4.69) is 36.1 Å². The molecule has 0 aromatic carbocycles. The van der Waals surface area contributed by atoms with E-state index in [-0.39, 0.29) is 10.7 Å². The van der Waals surface area contributed by atoms with Crippen molar-refractivity contribution >= 4 is 11.8 Å². The van der Waals surface area contributed by atoms with Crippen molar-refractivity contribution in [2.75, 3.05) is 20.8 Å². The van der Waals surface area contributed by atoms with E-state index in [1.54, 1.807) is 20.3 Å². The highest BCUT2D eigenvalue weighted by molar-refractivity contribution is 7.99. The van der Waals surface area contributed by atoms with Crippen LogP contribution in [-0.2, 0) is 0 Å². The molecule has 0 aliphatic rings. The second-order valence-electron chi connectivity index (χ2n) is 5.20. The molecule has 0 radical (unpaired) electrons. The number of rotatable bonds is 6. The molecular formula is C13H20N4O2S. The fourth-order valence-corrected chi connectivity index (χ4v) is 2.50. The minimum atomic E-state index is -0.00577. The van der Waals surface area contributed by atoms with E-state index >= 15 is 0 Å². The molecule has 0 fully saturated rings. The molecule has 1 heterocycles. The Morgan fingerprint density at radius 1 is 1.30 bits per heavy atom. The van der Waals surface area contributed by atoms with Crippen molar-refractivity contribution in [2.45, 2.75) is 31.2 Å². The first kappa shape index (κ1) is 16.4. The molecule has 0 saturated heterocycles. The number of hydrogen-bond acceptors (Lipinski definition) is 7. The standard InChI is InChI=1S/C13H20N4O2S/c1-13(2,3)9(7-15-8-14)20-12-16-10(18-4)6-11(17-12)19-5/h6,9,15H,7H2,1-5H3. The lowest BCUT2D eigenvalue weighted by Crippen LogP contribution is -2.32. The van der Waals surface area contributed by atoms with Crippen molar-refractivity contribution in [3.05, 3.63) is 6.07 Å². The van der Waals surface area contributed by atoms with E-state index in [4.69, 9.17) is 14.7 Å². The van der Waals surface area contributed by atoms with E-state index in [0.717, 1.165) is 0 Å². The molecule has 0 aliphatic carbocycles. The number of hydrogen-bond donors (Lipinski definition) is 1. The highest BCUT2D eigenvalue weighted by Crippen LogP contribution is 2.34. The predicted molar refractivity (Wildman–Crippen MR) is 77.9 cm³/mol. The van der Waals surface area contributed by atoms with Gasteiger partial charge in [-0.3, -0.25) is 0 Å². The molecule has 6 nitrogen and oxygen atoms in total. The number of nitrogens with zero attached hydrogens (tertiary/aromatic N) is 3. The Morgan fingerprint density at radius 2 is 1.85 bits per heavy atom. The Morgan fingerprint density at radius 3 is 2.25 bits per heavy atom. The SMILES string of the molecule is COc1cc(OC)nc(SC(CNC#N)C(C)(C)C)n1. The normalized spacial score (nSPS) is 12.4. The summed E-state index contributed by atoms with van der Waals surface area (Å²) in [5.74, 6) is 0.917. The predicted octanol–water partition coefficient (Wildman–Crippen LogP) is 2.07. The first-order valence-corrected chi connectivity index (χ1v) is 7.04. The molecule has 7 heteroatoms. The van der Waals surface area contributed by atoms with Gasteiger partial charge in [0.2, 0.25) is 11.8 Å². The van der Waals surface area contributed by atoms with Gasteiger partial charge >= 0.3 is 0 Å². The van der Waals surface area contributed by atoms with Gasteiger partial charge in [0.05, 0.1) is 20.3 Å². The molecule has 0 bridgehead atoms. The molecule has 1 rings (SSSR count). The fourth-order valence-electron chi connectivity index (χ4n) is 1.44. The largest absolute Gasteiger partial charge is 0.481 e. The highest BCUT2D eigenvalue weighted by atomic mass is 32.2. The maximum absolute atomic E-state index is 8.67. The zero-order chi connectivity index (χ0) is 15.2. The average Bonchev–Trinajstić information content (AvgIpc) is 2.41. The molecule has 0 amide bonds. The molecule has 0 spiro atoms. The molecule has 1 N–H and O–H groups in total. The lowest BCUT2D eigenvalue weighted by Gasteiger charge is -2.28. The van der Waals surface area contributed by atoms with E-state index < -0.39 is 0 Å². The van der Waals surface area contributed by atoms with Gasteiger partial charge < -0.3 is 14.8 Å². The van der Waals surface area contributed by atoms with Crippen LogP contribution < -0.4 is 14.8 Å². The van der Waals surface area contributed by atoms with Crippen LogP contribution in [0.25, 0.3) is 0 Å². The third kappa shape index (κ3) is 4.78. The van der Waals surface area contributed by atoms with Gasteiger partial charge in [-0.1, -0.05) is 32.5 Å². The quantitative estimate of drug-likeness (QED) is 0.372. The minimum Gasteiger partial charge on any atom is -0.481 e. The molecule has 0 saturated carbocycles. The second-order valence-corrected chi connectivity index (χ2v) is 6.37. The summed E-state index contributed by atoms with van der Waals surface area (Å²) < 4.78 is 10.3. The zero-order valence-electron chi connectivity index (χ0n) is 12.4. The van der Waals surface area contributed by atoms with Crippen molar-refractivity contribution < 1.29 is 9.47 Å². The van der Waals surface area contributed by atoms with Crippen LogP contribution in [0.3, 0.4) is 0 Å². The summed E-state index contributed by atoms with van der Waals surface area (Å²) in [5.41, 5.74) is -0.00577. The van der Waals surface area contributed by atoms with Crippen molar-refractivity contribution in [1.29, 1.82) is 5.26 Å². The van der Waals surface area contributed by atoms with Crippen molar-refractivity contribution in [3.63, 3.8) is 0 Å². The van der Waals surface area contributed by atoms with E-state index in [1.165, 1.54) is 11.8 Å². The Balaban J connectivity index is 2.95. The van der Waals surface area contributed by atoms with Gasteiger partial charge in [0.1, 0.15) is 0 Å². The highest BCUT2D eigenvalue weighted by Gasteiger charge is 2.27. The van der Waals surface area contributed by atoms with Crippen LogP contribution in [0.1, 0.15) is 20.8 Å². The lowest BCUT2D eigenvalue weighted by atomic mass is 9.92. The maximum Gasteiger partial charge on any atom is 0.220 e. The Bertz CT molecular complexity index is 460.